The Morgan fingerprint density at radius 3 is 2.59 bits per heavy atom. The van der Waals surface area contributed by atoms with Gasteiger partial charge >= 0.3 is 5.97 Å². The van der Waals surface area contributed by atoms with Crippen molar-refractivity contribution in [3.63, 3.8) is 0 Å². The second-order valence-electron chi connectivity index (χ2n) is 10.6. The van der Waals surface area contributed by atoms with Crippen molar-refractivity contribution in [3.05, 3.63) is 10.6 Å². The number of aliphatic hydroxyl groups is 3. The molecule has 0 heterocycles. The maximum atomic E-state index is 15.6. The Kier molecular flexibility index (Phi) is 5.56. The molecule has 0 aromatic rings. The minimum atomic E-state index is -1.93. The van der Waals surface area contributed by atoms with Gasteiger partial charge in [-0.1, -0.05) is 19.9 Å². The van der Waals surface area contributed by atoms with E-state index in [-0.39, 0.29) is 41.9 Å². The van der Waals surface area contributed by atoms with Crippen LogP contribution in [0.4, 0.5) is 4.39 Å². The van der Waals surface area contributed by atoms with E-state index in [1.165, 1.54) is 6.92 Å². The number of hydrogen-bond donors (Lipinski definition) is 3. The molecule has 0 bridgehead atoms. The molecule has 0 spiro atoms. The molecule has 0 radical (unpaired) electrons. The molecule has 9 heteroatoms. The first-order valence-electron chi connectivity index (χ1n) is 11.1. The normalized spacial score (nSPS) is 50.1. The van der Waals surface area contributed by atoms with E-state index >= 15 is 4.39 Å². The average molecular weight is 517 g/mol. The first kappa shape index (κ1) is 24.0. The number of ketones is 2. The molecular formula is C23H30BrFO7. The quantitative estimate of drug-likeness (QED) is 0.490. The number of allylic oxidation sites excluding steroid dienone is 1. The number of hydrogen-bond acceptors (Lipinski definition) is 7. The van der Waals surface area contributed by atoms with Crippen molar-refractivity contribution in [1.29, 1.82) is 0 Å². The fraction of sp³-hybridized carbons (Fsp3) is 0.783. The Labute approximate surface area is 194 Å². The van der Waals surface area contributed by atoms with Gasteiger partial charge in [0.05, 0.1) is 10.6 Å². The summed E-state index contributed by atoms with van der Waals surface area (Å²) < 4.78 is 20.7. The van der Waals surface area contributed by atoms with Gasteiger partial charge in [-0.25, -0.2) is 4.39 Å². The van der Waals surface area contributed by atoms with Gasteiger partial charge in [-0.15, -0.1) is 0 Å². The van der Waals surface area contributed by atoms with E-state index in [0.29, 0.717) is 6.42 Å². The number of halogens is 2. The maximum Gasteiger partial charge on any atom is 0.303 e. The maximum absolute atomic E-state index is 15.6. The van der Waals surface area contributed by atoms with Crippen molar-refractivity contribution in [1.82, 2.24) is 0 Å². The van der Waals surface area contributed by atoms with E-state index in [2.05, 4.69) is 15.9 Å². The Bertz CT molecular complexity index is 907. The molecule has 32 heavy (non-hydrogen) atoms. The zero-order valence-corrected chi connectivity index (χ0v) is 20.0. The summed E-state index contributed by atoms with van der Waals surface area (Å²) >= 11 is 3.23. The molecule has 9 atom stereocenters. The van der Waals surface area contributed by atoms with Crippen LogP contribution < -0.4 is 0 Å². The molecule has 3 unspecified atom stereocenters. The van der Waals surface area contributed by atoms with Crippen LogP contribution in [-0.4, -0.2) is 62.9 Å². The highest BCUT2D eigenvalue weighted by Crippen LogP contribution is 2.69. The van der Waals surface area contributed by atoms with Crippen molar-refractivity contribution in [2.75, 3.05) is 6.61 Å². The van der Waals surface area contributed by atoms with Gasteiger partial charge in [0.15, 0.2) is 12.4 Å². The zero-order chi connectivity index (χ0) is 23.9. The highest BCUT2D eigenvalue weighted by Gasteiger charge is 2.73. The van der Waals surface area contributed by atoms with Crippen LogP contribution in [0, 0.1) is 28.6 Å². The van der Waals surface area contributed by atoms with Crippen molar-refractivity contribution in [2.24, 2.45) is 28.6 Å². The van der Waals surface area contributed by atoms with E-state index in [1.54, 1.807) is 19.9 Å². The Hall–Kier alpha value is -1.16. The molecule has 0 aromatic heterocycles. The van der Waals surface area contributed by atoms with E-state index in [4.69, 9.17) is 4.74 Å². The van der Waals surface area contributed by atoms with Crippen LogP contribution in [0.3, 0.4) is 0 Å². The molecule has 0 aliphatic heterocycles. The highest BCUT2D eigenvalue weighted by atomic mass is 79.9. The lowest BCUT2D eigenvalue weighted by atomic mass is 9.43. The predicted octanol–water partition coefficient (Wildman–Crippen LogP) is 1.99. The van der Waals surface area contributed by atoms with E-state index < -0.39 is 64.5 Å². The van der Waals surface area contributed by atoms with Gasteiger partial charge in [-0.2, -0.15) is 0 Å². The minimum Gasteiger partial charge on any atom is -0.458 e. The summed E-state index contributed by atoms with van der Waals surface area (Å²) in [7, 11) is 0. The van der Waals surface area contributed by atoms with Gasteiger partial charge in [0, 0.05) is 24.2 Å². The standard InChI is InChI=1S/C23H30BrFO7/c1-11(26)32-10-18(29)22(30)5-4-13-12-6-17(25)23(31)9-15(27)14(24)7-21(23,3)19(12)16(28)8-20(13,22)2/h7,12-13,16-17,19,28,30-31H,4-6,8-10H2,1-3H3/t12-,13-,16?,17?,19+,20-,21+,22-,23?/m0/s1. The molecule has 3 saturated carbocycles. The van der Waals surface area contributed by atoms with Gasteiger partial charge in [0.2, 0.25) is 5.78 Å². The first-order chi connectivity index (χ1) is 14.7. The number of esters is 1. The number of aliphatic hydroxyl groups excluding tert-OH is 1. The van der Waals surface area contributed by atoms with Crippen LogP contribution in [0.5, 0.6) is 0 Å². The predicted molar refractivity (Wildman–Crippen MR) is 114 cm³/mol. The van der Waals surface area contributed by atoms with E-state index in [9.17, 15) is 29.7 Å². The summed E-state index contributed by atoms with van der Waals surface area (Å²) in [6.45, 7) is 4.04. The van der Waals surface area contributed by atoms with Crippen LogP contribution in [0.15, 0.2) is 10.6 Å². The molecule has 4 aliphatic rings. The van der Waals surface area contributed by atoms with Crippen LogP contribution in [-0.2, 0) is 19.1 Å². The first-order valence-corrected chi connectivity index (χ1v) is 11.9. The number of rotatable bonds is 3. The van der Waals surface area contributed by atoms with E-state index in [1.807, 2.05) is 0 Å². The minimum absolute atomic E-state index is 0.0684. The van der Waals surface area contributed by atoms with Gasteiger partial charge < -0.3 is 20.1 Å². The molecular weight excluding hydrogens is 487 g/mol. The third-order valence-corrected chi connectivity index (χ3v) is 9.89. The SMILES string of the molecule is CC(=O)OCC(=O)[C@@]1(O)CC[C@H]2[C@@H]3CC(F)C4(O)CC(=O)C(Br)=C[C@]4(C)[C@H]3C(O)C[C@@]21C. The van der Waals surface area contributed by atoms with Crippen molar-refractivity contribution >= 4 is 33.5 Å². The van der Waals surface area contributed by atoms with Crippen LogP contribution in [0.2, 0.25) is 0 Å². The van der Waals surface area contributed by atoms with Crippen LogP contribution >= 0.6 is 15.9 Å². The van der Waals surface area contributed by atoms with Gasteiger partial charge in [0.25, 0.3) is 0 Å². The van der Waals surface area contributed by atoms with Crippen molar-refractivity contribution in [3.8, 4) is 0 Å². The summed E-state index contributed by atoms with van der Waals surface area (Å²) in [5, 5.41) is 34.2. The lowest BCUT2D eigenvalue weighted by molar-refractivity contribution is -0.240. The smallest absolute Gasteiger partial charge is 0.303 e. The van der Waals surface area contributed by atoms with Gasteiger partial charge in [-0.05, 0) is 59.4 Å². The molecule has 3 N–H and O–H groups in total. The van der Waals surface area contributed by atoms with E-state index in [0.717, 1.165) is 0 Å². The molecule has 4 rings (SSSR count). The number of carbonyl (C=O) groups is 3. The third kappa shape index (κ3) is 2.96. The number of fused-ring (bicyclic) bond motifs is 5. The number of alkyl halides is 1. The fourth-order valence-corrected chi connectivity index (χ4v) is 8.15. The van der Waals surface area contributed by atoms with Crippen LogP contribution in [0.1, 0.15) is 52.9 Å². The van der Waals surface area contributed by atoms with Gasteiger partial charge in [0.1, 0.15) is 17.4 Å². The lowest BCUT2D eigenvalue weighted by Gasteiger charge is -2.64. The molecule has 0 saturated heterocycles. The average Bonchev–Trinajstić information content (AvgIpc) is 2.95. The zero-order valence-electron chi connectivity index (χ0n) is 18.4. The lowest BCUT2D eigenvalue weighted by Crippen LogP contribution is -2.70. The van der Waals surface area contributed by atoms with Gasteiger partial charge in [-0.3, -0.25) is 14.4 Å². The number of carbonyl (C=O) groups excluding carboxylic acids is 3. The molecule has 0 aromatic carbocycles. The van der Waals surface area contributed by atoms with Crippen LogP contribution in [0.25, 0.3) is 0 Å². The number of ether oxygens (including phenoxy) is 1. The summed E-state index contributed by atoms with van der Waals surface area (Å²) in [5.41, 5.74) is -5.98. The Morgan fingerprint density at radius 2 is 1.97 bits per heavy atom. The Balaban J connectivity index is 1.74. The summed E-state index contributed by atoms with van der Waals surface area (Å²) in [4.78, 5) is 36.3. The largest absolute Gasteiger partial charge is 0.458 e. The summed E-state index contributed by atoms with van der Waals surface area (Å²) in [6, 6.07) is 0. The molecule has 0 amide bonds. The molecule has 178 valence electrons. The fourth-order valence-electron chi connectivity index (χ4n) is 7.53. The summed E-state index contributed by atoms with van der Waals surface area (Å²) in [5.74, 6) is -2.88. The number of Topliss-reactive ketones (excluding diaryl/α,β-unsaturated/α-hetero) is 2. The summed E-state index contributed by atoms with van der Waals surface area (Å²) in [6.07, 6.45) is -0.996. The monoisotopic (exact) mass is 516 g/mol. The second-order valence-corrected chi connectivity index (χ2v) is 11.4. The van der Waals surface area contributed by atoms with Crippen molar-refractivity contribution < 1.29 is 38.8 Å². The Morgan fingerprint density at radius 1 is 1.31 bits per heavy atom. The molecule has 7 nitrogen and oxygen atoms in total. The second kappa shape index (κ2) is 7.42. The molecule has 4 aliphatic carbocycles. The van der Waals surface area contributed by atoms with Crippen molar-refractivity contribution in [2.45, 2.75) is 76.4 Å². The third-order valence-electron chi connectivity index (χ3n) is 9.22. The topological polar surface area (TPSA) is 121 Å². The highest BCUT2D eigenvalue weighted by molar-refractivity contribution is 9.12. The molecule has 3 fully saturated rings.